The van der Waals surface area contributed by atoms with E-state index in [1.807, 2.05) is 79.7 Å². The van der Waals surface area contributed by atoms with Crippen molar-refractivity contribution in [1.82, 2.24) is 9.78 Å². The van der Waals surface area contributed by atoms with E-state index < -0.39 is 5.97 Å². The normalized spacial score (nSPS) is 10.7. The fourth-order valence-electron chi connectivity index (χ4n) is 3.43. The molecule has 0 atom stereocenters. The maximum Gasteiger partial charge on any atom is 0.309 e. The van der Waals surface area contributed by atoms with E-state index in [9.17, 15) is 4.79 Å². The van der Waals surface area contributed by atoms with Gasteiger partial charge in [-0.15, -0.1) is 0 Å². The standard InChI is InChI=1S/C25H23N3O3/c1-16-8-14-20(15-9-16)28-25(31-17(2)29)23(18-10-12-19(26)13-11-18)24(27-28)21-6-4-5-7-22(21)30-3/h4-15H,26H2,1-3H3. The van der Waals surface area contributed by atoms with E-state index in [4.69, 9.17) is 20.3 Å². The number of para-hydroxylation sites is 1. The molecule has 0 radical (unpaired) electrons. The lowest BCUT2D eigenvalue weighted by atomic mass is 10.0. The fourth-order valence-corrected chi connectivity index (χ4v) is 3.43. The Balaban J connectivity index is 2.06. The van der Waals surface area contributed by atoms with E-state index >= 15 is 0 Å². The minimum atomic E-state index is -0.434. The highest BCUT2D eigenvalue weighted by Gasteiger charge is 2.26. The first-order chi connectivity index (χ1) is 15.0. The van der Waals surface area contributed by atoms with Crippen molar-refractivity contribution in [2.45, 2.75) is 13.8 Å². The molecule has 0 amide bonds. The van der Waals surface area contributed by atoms with Crippen LogP contribution in [0, 0.1) is 6.92 Å². The Bertz CT molecular complexity index is 1230. The van der Waals surface area contributed by atoms with E-state index in [-0.39, 0.29) is 0 Å². The first-order valence-corrected chi connectivity index (χ1v) is 9.85. The lowest BCUT2D eigenvalue weighted by Gasteiger charge is -2.10. The second-order valence-electron chi connectivity index (χ2n) is 7.19. The van der Waals surface area contributed by atoms with Gasteiger partial charge >= 0.3 is 5.97 Å². The molecule has 0 saturated heterocycles. The van der Waals surface area contributed by atoms with Crippen molar-refractivity contribution in [3.05, 3.63) is 78.4 Å². The van der Waals surface area contributed by atoms with Crippen LogP contribution in [0.25, 0.3) is 28.1 Å². The number of nitrogens with two attached hydrogens (primary N) is 1. The molecule has 6 heteroatoms. The Kier molecular flexibility index (Phi) is 5.45. The Morgan fingerprint density at radius 1 is 0.968 bits per heavy atom. The molecule has 0 aliphatic carbocycles. The number of carbonyl (C=O) groups excluding carboxylic acids is 1. The minimum absolute atomic E-state index is 0.335. The molecule has 0 saturated carbocycles. The maximum atomic E-state index is 12.0. The Labute approximate surface area is 180 Å². The van der Waals surface area contributed by atoms with Crippen LogP contribution in [0.4, 0.5) is 5.69 Å². The van der Waals surface area contributed by atoms with Gasteiger partial charge in [-0.05, 0) is 48.9 Å². The van der Waals surface area contributed by atoms with Crippen molar-refractivity contribution in [1.29, 1.82) is 0 Å². The van der Waals surface area contributed by atoms with Crippen LogP contribution in [0.1, 0.15) is 12.5 Å². The molecule has 0 bridgehead atoms. The van der Waals surface area contributed by atoms with E-state index in [2.05, 4.69) is 0 Å². The number of aryl methyl sites for hydroxylation is 1. The summed E-state index contributed by atoms with van der Waals surface area (Å²) in [5.41, 5.74) is 11.4. The fraction of sp³-hybridized carbons (Fsp3) is 0.120. The number of aromatic nitrogens is 2. The molecule has 4 aromatic rings. The van der Waals surface area contributed by atoms with Gasteiger partial charge in [0.1, 0.15) is 11.4 Å². The monoisotopic (exact) mass is 413 g/mol. The van der Waals surface area contributed by atoms with Crippen LogP contribution in [-0.2, 0) is 4.79 Å². The number of hydrogen-bond acceptors (Lipinski definition) is 5. The Morgan fingerprint density at radius 2 is 1.65 bits per heavy atom. The molecule has 1 heterocycles. The molecule has 6 nitrogen and oxygen atoms in total. The van der Waals surface area contributed by atoms with Gasteiger partial charge in [0.15, 0.2) is 0 Å². The zero-order valence-electron chi connectivity index (χ0n) is 17.6. The zero-order valence-corrected chi connectivity index (χ0v) is 17.6. The van der Waals surface area contributed by atoms with Crippen LogP contribution in [0.3, 0.4) is 0 Å². The van der Waals surface area contributed by atoms with Gasteiger partial charge in [0.25, 0.3) is 0 Å². The van der Waals surface area contributed by atoms with Crippen LogP contribution >= 0.6 is 0 Å². The van der Waals surface area contributed by atoms with Gasteiger partial charge in [0, 0.05) is 18.2 Å². The van der Waals surface area contributed by atoms with Crippen LogP contribution < -0.4 is 15.2 Å². The molecular formula is C25H23N3O3. The van der Waals surface area contributed by atoms with E-state index in [1.54, 1.807) is 11.8 Å². The van der Waals surface area contributed by atoms with E-state index in [0.29, 0.717) is 28.6 Å². The predicted molar refractivity (Wildman–Crippen MR) is 121 cm³/mol. The summed E-state index contributed by atoms with van der Waals surface area (Å²) in [4.78, 5) is 12.0. The first-order valence-electron chi connectivity index (χ1n) is 9.85. The number of nitrogen functional groups attached to an aromatic ring is 1. The van der Waals surface area contributed by atoms with Crippen molar-refractivity contribution < 1.29 is 14.3 Å². The predicted octanol–water partition coefficient (Wildman–Crippen LogP) is 5.03. The molecule has 0 spiro atoms. The quantitative estimate of drug-likeness (QED) is 0.367. The molecule has 1 aromatic heterocycles. The third kappa shape index (κ3) is 4.00. The first kappa shape index (κ1) is 20.2. The average molecular weight is 413 g/mol. The van der Waals surface area contributed by atoms with Gasteiger partial charge in [0.05, 0.1) is 18.4 Å². The molecule has 4 rings (SSSR count). The number of carbonyl (C=O) groups is 1. The van der Waals surface area contributed by atoms with Crippen molar-refractivity contribution >= 4 is 11.7 Å². The van der Waals surface area contributed by atoms with E-state index in [1.165, 1.54) is 6.92 Å². The second kappa shape index (κ2) is 8.36. The van der Waals surface area contributed by atoms with Crippen molar-refractivity contribution in [3.8, 4) is 39.7 Å². The van der Waals surface area contributed by atoms with Crippen LogP contribution in [0.5, 0.6) is 11.6 Å². The maximum absolute atomic E-state index is 12.0. The van der Waals surface area contributed by atoms with Crippen molar-refractivity contribution in [2.24, 2.45) is 0 Å². The van der Waals surface area contributed by atoms with Gasteiger partial charge in [-0.25, -0.2) is 0 Å². The van der Waals surface area contributed by atoms with Crippen molar-refractivity contribution in [2.75, 3.05) is 12.8 Å². The highest BCUT2D eigenvalue weighted by atomic mass is 16.5. The Hall–Kier alpha value is -4.06. The largest absolute Gasteiger partial charge is 0.496 e. The summed E-state index contributed by atoms with van der Waals surface area (Å²) in [6, 6.07) is 22.9. The summed E-state index contributed by atoms with van der Waals surface area (Å²) in [5.74, 6) is 0.570. The highest BCUT2D eigenvalue weighted by molar-refractivity contribution is 5.89. The molecule has 0 aliphatic rings. The number of methoxy groups -OCH3 is 1. The molecule has 3 aromatic carbocycles. The number of rotatable bonds is 5. The number of ether oxygens (including phenoxy) is 2. The number of anilines is 1. The van der Waals surface area contributed by atoms with E-state index in [0.717, 1.165) is 22.4 Å². The molecule has 0 fully saturated rings. The summed E-state index contributed by atoms with van der Waals surface area (Å²) >= 11 is 0. The zero-order chi connectivity index (χ0) is 22.0. The molecule has 0 aliphatic heterocycles. The number of hydrogen-bond donors (Lipinski definition) is 1. The summed E-state index contributed by atoms with van der Waals surface area (Å²) in [5, 5.41) is 4.87. The molecule has 2 N–H and O–H groups in total. The average Bonchev–Trinajstić information content (AvgIpc) is 3.13. The topological polar surface area (TPSA) is 79.4 Å². The lowest BCUT2D eigenvalue weighted by molar-refractivity contribution is -0.132. The van der Waals surface area contributed by atoms with Gasteiger partial charge in [-0.1, -0.05) is 42.0 Å². The minimum Gasteiger partial charge on any atom is -0.496 e. The molecular weight excluding hydrogens is 390 g/mol. The van der Waals surface area contributed by atoms with Gasteiger partial charge < -0.3 is 15.2 Å². The van der Waals surface area contributed by atoms with Crippen LogP contribution in [-0.4, -0.2) is 22.9 Å². The number of benzene rings is 3. The Morgan fingerprint density at radius 3 is 2.29 bits per heavy atom. The van der Waals surface area contributed by atoms with Crippen molar-refractivity contribution in [3.63, 3.8) is 0 Å². The summed E-state index contributed by atoms with van der Waals surface area (Å²) in [6.07, 6.45) is 0. The van der Waals surface area contributed by atoms with Crippen LogP contribution in [0.15, 0.2) is 72.8 Å². The molecule has 31 heavy (non-hydrogen) atoms. The summed E-state index contributed by atoms with van der Waals surface area (Å²) in [6.45, 7) is 3.39. The third-order valence-electron chi connectivity index (χ3n) is 4.92. The molecule has 156 valence electrons. The number of nitrogens with zero attached hydrogens (tertiary/aromatic N) is 2. The van der Waals surface area contributed by atoms with Crippen LogP contribution in [0.2, 0.25) is 0 Å². The second-order valence-corrected chi connectivity index (χ2v) is 7.19. The van der Waals surface area contributed by atoms with Gasteiger partial charge in [-0.2, -0.15) is 9.78 Å². The molecule has 0 unspecified atom stereocenters. The summed E-state index contributed by atoms with van der Waals surface area (Å²) in [7, 11) is 1.62. The number of esters is 1. The summed E-state index contributed by atoms with van der Waals surface area (Å²) < 4.78 is 12.9. The SMILES string of the molecule is COc1ccccc1-c1nn(-c2ccc(C)cc2)c(OC(C)=O)c1-c1ccc(N)cc1. The third-order valence-corrected chi connectivity index (χ3v) is 4.92. The lowest BCUT2D eigenvalue weighted by Crippen LogP contribution is -2.08. The van der Waals surface area contributed by atoms with Gasteiger partial charge in [0.2, 0.25) is 5.88 Å². The van der Waals surface area contributed by atoms with Gasteiger partial charge in [-0.3, -0.25) is 4.79 Å². The highest BCUT2D eigenvalue weighted by Crippen LogP contribution is 2.43. The smallest absolute Gasteiger partial charge is 0.309 e.